The van der Waals surface area contributed by atoms with Crippen LogP contribution in [0.2, 0.25) is 0 Å². The maximum absolute atomic E-state index is 11.9. The molecule has 0 unspecified atom stereocenters. The van der Waals surface area contributed by atoms with Crippen molar-refractivity contribution in [2.75, 3.05) is 0 Å². The molecule has 0 aliphatic rings. The third-order valence-corrected chi connectivity index (χ3v) is 0.733. The second kappa shape index (κ2) is 9.55. The first-order valence-electron chi connectivity index (χ1n) is 2.46. The Morgan fingerprint density at radius 2 is 1.64 bits per heavy atom. The van der Waals surface area contributed by atoms with E-state index in [-0.39, 0.29) is 35.4 Å². The molecule has 0 aromatic heterocycles. The molecular formula is C6H5FNNaO2. The minimum atomic E-state index is -0.178. The van der Waals surface area contributed by atoms with Gasteiger partial charge in [0.15, 0.2) is 0 Å². The van der Waals surface area contributed by atoms with Gasteiger partial charge in [0.1, 0.15) is 5.82 Å². The van der Waals surface area contributed by atoms with E-state index in [1.807, 2.05) is 0 Å². The normalized spacial score (nSPS) is 6.64. The van der Waals surface area contributed by atoms with Crippen molar-refractivity contribution < 1.29 is 33.9 Å². The second-order valence-corrected chi connectivity index (χ2v) is 1.37. The molecule has 1 aromatic carbocycles. The SMILES string of the molecule is Fc1ccccc1.O=N[O-].[Na+]. The van der Waals surface area contributed by atoms with Crippen LogP contribution in [-0.4, -0.2) is 0 Å². The Bertz CT molecular complexity index is 183. The Morgan fingerprint density at radius 3 is 1.82 bits per heavy atom. The molecule has 54 valence electrons. The molecule has 1 rings (SSSR count). The minimum absolute atomic E-state index is 0. The summed E-state index contributed by atoms with van der Waals surface area (Å²) < 4.78 is 11.9. The zero-order valence-corrected chi connectivity index (χ0v) is 8.03. The fourth-order valence-corrected chi connectivity index (χ4v) is 0.415. The molecular weight excluding hydrogens is 160 g/mol. The molecule has 0 spiro atoms. The van der Waals surface area contributed by atoms with E-state index in [0.717, 1.165) is 5.34 Å². The molecule has 11 heavy (non-hydrogen) atoms. The van der Waals surface area contributed by atoms with Crippen molar-refractivity contribution in [1.82, 2.24) is 0 Å². The van der Waals surface area contributed by atoms with Gasteiger partial charge < -0.3 is 10.1 Å². The molecule has 0 saturated heterocycles. The summed E-state index contributed by atoms with van der Waals surface area (Å²) in [4.78, 5) is 8.00. The molecule has 0 radical (unpaired) electrons. The predicted molar refractivity (Wildman–Crippen MR) is 35.6 cm³/mol. The van der Waals surface area contributed by atoms with Crippen molar-refractivity contribution in [3.8, 4) is 0 Å². The molecule has 0 amide bonds. The maximum atomic E-state index is 11.9. The number of hydrogen-bond donors (Lipinski definition) is 0. The van der Waals surface area contributed by atoms with Gasteiger partial charge in [0.25, 0.3) is 0 Å². The number of nitrogens with zero attached hydrogens (tertiary/aromatic N) is 1. The maximum Gasteiger partial charge on any atom is 1.00 e. The van der Waals surface area contributed by atoms with Gasteiger partial charge in [0.2, 0.25) is 0 Å². The van der Waals surface area contributed by atoms with Crippen molar-refractivity contribution >= 4 is 0 Å². The van der Waals surface area contributed by atoms with E-state index >= 15 is 0 Å². The van der Waals surface area contributed by atoms with Crippen LogP contribution in [0.1, 0.15) is 0 Å². The van der Waals surface area contributed by atoms with Crippen molar-refractivity contribution in [3.63, 3.8) is 0 Å². The summed E-state index contributed by atoms with van der Waals surface area (Å²) in [6.45, 7) is 0. The first-order valence-corrected chi connectivity index (χ1v) is 2.46. The van der Waals surface area contributed by atoms with E-state index in [9.17, 15) is 4.39 Å². The van der Waals surface area contributed by atoms with Gasteiger partial charge in [-0.1, -0.05) is 18.2 Å². The third kappa shape index (κ3) is 9.55. The van der Waals surface area contributed by atoms with Crippen LogP contribution in [0.5, 0.6) is 0 Å². The van der Waals surface area contributed by atoms with Gasteiger partial charge in [0.05, 0.1) is 0 Å². The molecule has 0 aliphatic carbocycles. The van der Waals surface area contributed by atoms with Gasteiger partial charge in [-0.25, -0.2) is 4.39 Å². The predicted octanol–water partition coefficient (Wildman–Crippen LogP) is -0.920. The number of rotatable bonds is 0. The summed E-state index contributed by atoms with van der Waals surface area (Å²) in [6.07, 6.45) is 0. The topological polar surface area (TPSA) is 52.5 Å². The fourth-order valence-electron chi connectivity index (χ4n) is 0.415. The number of hydrogen-bond acceptors (Lipinski definition) is 3. The summed E-state index contributed by atoms with van der Waals surface area (Å²) in [5.74, 6) is -0.178. The molecule has 0 fully saturated rings. The van der Waals surface area contributed by atoms with E-state index in [0.29, 0.717) is 0 Å². The monoisotopic (exact) mass is 165 g/mol. The third-order valence-electron chi connectivity index (χ3n) is 0.733. The fraction of sp³-hybridized carbons (Fsp3) is 0. The van der Waals surface area contributed by atoms with Crippen molar-refractivity contribution in [1.29, 1.82) is 0 Å². The summed E-state index contributed by atoms with van der Waals surface area (Å²) in [6, 6.07) is 7.94. The van der Waals surface area contributed by atoms with Crippen LogP contribution in [0.4, 0.5) is 4.39 Å². The van der Waals surface area contributed by atoms with Gasteiger partial charge in [-0.3, -0.25) is 0 Å². The van der Waals surface area contributed by atoms with Crippen molar-refractivity contribution in [2.45, 2.75) is 0 Å². The van der Waals surface area contributed by atoms with E-state index in [1.54, 1.807) is 18.2 Å². The Balaban J connectivity index is 0. The average Bonchev–Trinajstić information content (AvgIpc) is 1.91. The van der Waals surface area contributed by atoms with E-state index in [1.165, 1.54) is 12.1 Å². The molecule has 5 heteroatoms. The van der Waals surface area contributed by atoms with Crippen LogP contribution < -0.4 is 29.6 Å². The average molecular weight is 165 g/mol. The summed E-state index contributed by atoms with van der Waals surface area (Å²) in [5.41, 5.74) is 0. The van der Waals surface area contributed by atoms with Gasteiger partial charge in [-0.2, -0.15) is 0 Å². The number of benzene rings is 1. The number of halogens is 1. The summed E-state index contributed by atoms with van der Waals surface area (Å²) in [5, 5.41) is 9.00. The van der Waals surface area contributed by atoms with E-state index in [4.69, 9.17) is 10.1 Å². The minimum Gasteiger partial charge on any atom is -0.444 e. The van der Waals surface area contributed by atoms with Crippen LogP contribution in [0, 0.1) is 15.9 Å². The first kappa shape index (κ1) is 13.2. The smallest absolute Gasteiger partial charge is 0.444 e. The van der Waals surface area contributed by atoms with Crippen LogP contribution in [0.3, 0.4) is 0 Å². The molecule has 0 saturated carbocycles. The van der Waals surface area contributed by atoms with Crippen LogP contribution in [0.15, 0.2) is 35.7 Å². The van der Waals surface area contributed by atoms with Crippen LogP contribution in [0.25, 0.3) is 0 Å². The zero-order valence-electron chi connectivity index (χ0n) is 6.03. The standard InChI is InChI=1S/C6H5F.HNO2.Na/c7-6-4-2-1-3-5-6;2-1-3;/h1-5H;(H,2,3);/q;;+1/p-1. The molecule has 0 aliphatic heterocycles. The van der Waals surface area contributed by atoms with Crippen LogP contribution >= 0.6 is 0 Å². The molecule has 0 N–H and O–H groups in total. The van der Waals surface area contributed by atoms with Gasteiger partial charge in [0, 0.05) is 0 Å². The Kier molecular flexibility index (Phi) is 11.4. The Hall–Kier alpha value is -0.450. The van der Waals surface area contributed by atoms with Gasteiger partial charge in [-0.05, 0) is 12.1 Å². The van der Waals surface area contributed by atoms with E-state index < -0.39 is 0 Å². The molecule has 0 bridgehead atoms. The van der Waals surface area contributed by atoms with Crippen molar-refractivity contribution in [3.05, 3.63) is 46.3 Å². The quantitative estimate of drug-likeness (QED) is 0.283. The second-order valence-electron chi connectivity index (χ2n) is 1.37. The Labute approximate surface area is 85.5 Å². The van der Waals surface area contributed by atoms with Crippen LogP contribution in [-0.2, 0) is 0 Å². The molecule has 0 atom stereocenters. The Morgan fingerprint density at radius 1 is 1.27 bits per heavy atom. The van der Waals surface area contributed by atoms with Gasteiger partial charge in [-0.15, -0.1) is 5.34 Å². The van der Waals surface area contributed by atoms with Crippen molar-refractivity contribution in [2.24, 2.45) is 5.34 Å². The zero-order chi connectivity index (χ0) is 7.82. The summed E-state index contributed by atoms with van der Waals surface area (Å²) >= 11 is 0. The molecule has 3 nitrogen and oxygen atoms in total. The van der Waals surface area contributed by atoms with Gasteiger partial charge >= 0.3 is 29.6 Å². The largest absolute Gasteiger partial charge is 1.00 e. The first-order chi connectivity index (χ1) is 4.81. The summed E-state index contributed by atoms with van der Waals surface area (Å²) in [7, 11) is 0. The molecule has 0 heterocycles. The van der Waals surface area contributed by atoms with E-state index in [2.05, 4.69) is 0 Å². The molecule has 1 aromatic rings.